The van der Waals surface area contributed by atoms with E-state index in [-0.39, 0.29) is 6.42 Å². The fraction of sp³-hybridized carbons (Fsp3) is 0.786. The van der Waals surface area contributed by atoms with E-state index in [1.54, 1.807) is 6.92 Å². The molecule has 0 aromatic carbocycles. The number of phosphoric ester groups is 2. The molecule has 0 spiro atoms. The molecule has 154 valence electrons. The van der Waals surface area contributed by atoms with Gasteiger partial charge in [-0.3, -0.25) is 9.05 Å². The van der Waals surface area contributed by atoms with Crippen LogP contribution >= 0.6 is 15.6 Å². The maximum absolute atomic E-state index is 11.1. The standard InChI is InChI=1S/C14H28O10P2/c1-12(2)14(15)22-11-9-7-5-3-4-6-8-10-13(23-25(16,17)18)24-26(19,20)21/h13H,1,3-11H2,2H3,(H2,16,17,18)(H2,19,20,21). The fourth-order valence-corrected chi connectivity index (χ4v) is 2.99. The number of hydrogen-bond acceptors (Lipinski definition) is 6. The zero-order valence-electron chi connectivity index (χ0n) is 14.8. The van der Waals surface area contributed by atoms with Crippen LogP contribution < -0.4 is 0 Å². The number of hydrogen-bond donors (Lipinski definition) is 4. The zero-order valence-corrected chi connectivity index (χ0v) is 16.6. The Hall–Kier alpha value is -0.570. The summed E-state index contributed by atoms with van der Waals surface area (Å²) in [5, 5.41) is 0. The highest BCUT2D eigenvalue weighted by atomic mass is 31.2. The predicted octanol–water partition coefficient (Wildman–Crippen LogP) is 2.77. The largest absolute Gasteiger partial charge is 0.471 e. The summed E-state index contributed by atoms with van der Waals surface area (Å²) in [6.07, 6.45) is 3.75. The third-order valence-electron chi connectivity index (χ3n) is 3.18. The lowest BCUT2D eigenvalue weighted by molar-refractivity contribution is -0.139. The van der Waals surface area contributed by atoms with E-state index in [0.29, 0.717) is 25.0 Å². The fourth-order valence-electron chi connectivity index (χ4n) is 2.02. The van der Waals surface area contributed by atoms with E-state index in [9.17, 15) is 13.9 Å². The maximum Gasteiger partial charge on any atom is 0.471 e. The first kappa shape index (κ1) is 25.4. The van der Waals surface area contributed by atoms with Gasteiger partial charge in [0, 0.05) is 5.57 Å². The summed E-state index contributed by atoms with van der Waals surface area (Å²) in [5.41, 5.74) is 0.369. The Kier molecular flexibility index (Phi) is 12.5. The molecule has 0 aliphatic carbocycles. The van der Waals surface area contributed by atoms with E-state index in [1.807, 2.05) is 0 Å². The van der Waals surface area contributed by atoms with Crippen LogP contribution in [0.2, 0.25) is 0 Å². The van der Waals surface area contributed by atoms with Crippen molar-refractivity contribution in [1.82, 2.24) is 0 Å². The van der Waals surface area contributed by atoms with Gasteiger partial charge >= 0.3 is 21.6 Å². The lowest BCUT2D eigenvalue weighted by atomic mass is 10.1. The van der Waals surface area contributed by atoms with Crippen LogP contribution in [-0.2, 0) is 27.7 Å². The van der Waals surface area contributed by atoms with Gasteiger partial charge < -0.3 is 24.3 Å². The van der Waals surface area contributed by atoms with Crippen molar-refractivity contribution in [3.8, 4) is 0 Å². The molecular formula is C14H28O10P2. The molecule has 0 unspecified atom stereocenters. The minimum Gasteiger partial charge on any atom is -0.462 e. The molecule has 0 heterocycles. The summed E-state index contributed by atoms with van der Waals surface area (Å²) in [5.74, 6) is -0.394. The molecule has 0 saturated carbocycles. The second-order valence-electron chi connectivity index (χ2n) is 5.80. The average Bonchev–Trinajstić information content (AvgIpc) is 2.45. The smallest absolute Gasteiger partial charge is 0.462 e. The number of unbranched alkanes of at least 4 members (excludes halogenated alkanes) is 6. The van der Waals surface area contributed by atoms with Crippen LogP contribution in [0, 0.1) is 0 Å². The van der Waals surface area contributed by atoms with Crippen LogP contribution in [-0.4, -0.2) is 38.4 Å². The first-order valence-corrected chi connectivity index (χ1v) is 11.3. The maximum atomic E-state index is 11.1. The summed E-state index contributed by atoms with van der Waals surface area (Å²) in [7, 11) is -9.82. The highest BCUT2D eigenvalue weighted by Gasteiger charge is 2.28. The Bertz CT molecular complexity index is 500. The summed E-state index contributed by atoms with van der Waals surface area (Å²) >= 11 is 0. The second-order valence-corrected chi connectivity index (χ2v) is 8.19. The first-order chi connectivity index (χ1) is 11.9. The van der Waals surface area contributed by atoms with Gasteiger partial charge in [-0.2, -0.15) is 0 Å². The third-order valence-corrected chi connectivity index (χ3v) is 4.20. The quantitative estimate of drug-likeness (QED) is 0.102. The van der Waals surface area contributed by atoms with Gasteiger partial charge in [-0.25, -0.2) is 13.9 Å². The number of carbonyl (C=O) groups is 1. The molecule has 0 aromatic rings. The summed E-state index contributed by atoms with van der Waals surface area (Å²) in [6.45, 7) is 5.42. The molecule has 0 aliphatic heterocycles. The van der Waals surface area contributed by atoms with E-state index in [0.717, 1.165) is 32.1 Å². The summed E-state index contributed by atoms with van der Waals surface area (Å²) in [6, 6.07) is 0. The lowest BCUT2D eigenvalue weighted by Gasteiger charge is -2.18. The van der Waals surface area contributed by atoms with Gasteiger partial charge in [0.05, 0.1) is 6.61 Å². The minimum atomic E-state index is -4.91. The van der Waals surface area contributed by atoms with Gasteiger partial charge in [-0.15, -0.1) is 0 Å². The molecule has 0 fully saturated rings. The molecule has 0 aliphatic rings. The number of phosphoric acid groups is 2. The Balaban J connectivity index is 3.78. The molecule has 0 atom stereocenters. The molecule has 0 amide bonds. The SMILES string of the molecule is C=C(C)C(=O)OCCCCCCCCCC(OP(=O)(O)O)OP(=O)(O)O. The van der Waals surface area contributed by atoms with Crippen molar-refractivity contribution in [2.45, 2.75) is 64.6 Å². The summed E-state index contributed by atoms with van der Waals surface area (Å²) in [4.78, 5) is 46.0. The number of carbonyl (C=O) groups excluding carboxylic acids is 1. The third kappa shape index (κ3) is 16.9. The molecule has 0 radical (unpaired) electrons. The Morgan fingerprint density at radius 1 is 0.885 bits per heavy atom. The average molecular weight is 418 g/mol. The van der Waals surface area contributed by atoms with Crippen LogP contribution in [0.1, 0.15) is 58.3 Å². The molecule has 4 N–H and O–H groups in total. The Labute approximate surface area is 153 Å². The molecule has 12 heteroatoms. The number of ether oxygens (including phenoxy) is 1. The molecule has 0 aromatic heterocycles. The molecule has 0 bridgehead atoms. The van der Waals surface area contributed by atoms with E-state index in [4.69, 9.17) is 24.3 Å². The topological polar surface area (TPSA) is 160 Å². The van der Waals surface area contributed by atoms with Crippen LogP contribution in [0.4, 0.5) is 0 Å². The second kappa shape index (κ2) is 12.8. The first-order valence-electron chi connectivity index (χ1n) is 8.21. The molecule has 0 rings (SSSR count). The number of rotatable bonds is 15. The number of esters is 1. The van der Waals surface area contributed by atoms with Crippen molar-refractivity contribution in [3.05, 3.63) is 12.2 Å². The van der Waals surface area contributed by atoms with Crippen LogP contribution in [0.3, 0.4) is 0 Å². The van der Waals surface area contributed by atoms with Crippen molar-refractivity contribution in [1.29, 1.82) is 0 Å². The highest BCUT2D eigenvalue weighted by molar-refractivity contribution is 7.47. The predicted molar refractivity (Wildman–Crippen MR) is 92.8 cm³/mol. The normalized spacial score (nSPS) is 12.4. The molecule has 26 heavy (non-hydrogen) atoms. The van der Waals surface area contributed by atoms with E-state index in [1.165, 1.54) is 0 Å². The van der Waals surface area contributed by atoms with E-state index >= 15 is 0 Å². The van der Waals surface area contributed by atoms with Crippen molar-refractivity contribution >= 4 is 21.6 Å². The van der Waals surface area contributed by atoms with Gasteiger partial charge in [0.25, 0.3) is 0 Å². The van der Waals surface area contributed by atoms with Gasteiger partial charge in [0.1, 0.15) is 0 Å². The zero-order chi connectivity index (χ0) is 20.2. The Morgan fingerprint density at radius 3 is 1.73 bits per heavy atom. The van der Waals surface area contributed by atoms with Crippen LogP contribution in [0.25, 0.3) is 0 Å². The molecule has 10 nitrogen and oxygen atoms in total. The van der Waals surface area contributed by atoms with E-state index in [2.05, 4.69) is 15.6 Å². The monoisotopic (exact) mass is 418 g/mol. The summed E-state index contributed by atoms with van der Waals surface area (Å²) < 4.78 is 35.0. The van der Waals surface area contributed by atoms with Crippen molar-refractivity contribution in [3.63, 3.8) is 0 Å². The lowest BCUT2D eigenvalue weighted by Crippen LogP contribution is -2.14. The highest BCUT2D eigenvalue weighted by Crippen LogP contribution is 2.45. The van der Waals surface area contributed by atoms with Crippen molar-refractivity contribution < 1.29 is 47.3 Å². The van der Waals surface area contributed by atoms with Crippen molar-refractivity contribution in [2.24, 2.45) is 0 Å². The molecule has 0 saturated heterocycles. The van der Waals surface area contributed by atoms with Crippen LogP contribution in [0.15, 0.2) is 12.2 Å². The Morgan fingerprint density at radius 2 is 1.31 bits per heavy atom. The van der Waals surface area contributed by atoms with Gasteiger partial charge in [-0.1, -0.05) is 38.7 Å². The molecular weight excluding hydrogens is 390 g/mol. The van der Waals surface area contributed by atoms with Crippen LogP contribution in [0.5, 0.6) is 0 Å². The van der Waals surface area contributed by atoms with Gasteiger partial charge in [0.2, 0.25) is 0 Å². The van der Waals surface area contributed by atoms with E-state index < -0.39 is 27.9 Å². The van der Waals surface area contributed by atoms with Gasteiger partial charge in [-0.05, 0) is 26.2 Å². The van der Waals surface area contributed by atoms with Crippen molar-refractivity contribution in [2.75, 3.05) is 6.61 Å². The minimum absolute atomic E-state index is 0.0485. The van der Waals surface area contributed by atoms with Gasteiger partial charge in [0.15, 0.2) is 6.29 Å².